The predicted octanol–water partition coefficient (Wildman–Crippen LogP) is 1.79. The number of nitro benzene ring substituents is 1. The molecule has 1 heterocycles. The van der Waals surface area contributed by atoms with E-state index in [-0.39, 0.29) is 10.7 Å². The number of hydrogen-bond acceptors (Lipinski definition) is 4. The van der Waals surface area contributed by atoms with Crippen LogP contribution in [-0.4, -0.2) is 14.7 Å². The van der Waals surface area contributed by atoms with Gasteiger partial charge in [-0.15, -0.1) is 0 Å². The van der Waals surface area contributed by atoms with E-state index in [0.29, 0.717) is 5.69 Å². The molecule has 6 nitrogen and oxygen atoms in total. The van der Waals surface area contributed by atoms with Crippen LogP contribution in [-0.2, 0) is 0 Å². The highest BCUT2D eigenvalue weighted by atomic mass is 35.5. The van der Waals surface area contributed by atoms with Crippen molar-refractivity contribution in [3.63, 3.8) is 0 Å². The van der Waals surface area contributed by atoms with Gasteiger partial charge in [0.2, 0.25) is 0 Å². The molecule has 0 bridgehead atoms. The molecule has 7 heteroatoms. The van der Waals surface area contributed by atoms with E-state index in [2.05, 4.69) is 5.10 Å². The van der Waals surface area contributed by atoms with Crippen molar-refractivity contribution in [3.05, 3.63) is 62.0 Å². The fourth-order valence-electron chi connectivity index (χ4n) is 1.30. The quantitative estimate of drug-likeness (QED) is 0.602. The van der Waals surface area contributed by atoms with Gasteiger partial charge in [-0.1, -0.05) is 11.6 Å². The highest BCUT2D eigenvalue weighted by Crippen LogP contribution is 2.13. The molecule has 0 N–H and O–H groups in total. The van der Waals surface area contributed by atoms with E-state index in [0.717, 1.165) is 4.68 Å². The maximum absolute atomic E-state index is 11.5. The first-order valence-electron chi connectivity index (χ1n) is 4.57. The SMILES string of the molecule is O=c1cc(Cl)cnn1-c1ccc([N+](=O)[O-])cc1. The third-order valence-electron chi connectivity index (χ3n) is 2.07. The molecule has 0 saturated carbocycles. The fourth-order valence-corrected chi connectivity index (χ4v) is 1.43. The first-order valence-corrected chi connectivity index (χ1v) is 4.95. The van der Waals surface area contributed by atoms with Gasteiger partial charge in [-0.25, -0.2) is 0 Å². The van der Waals surface area contributed by atoms with Crippen molar-refractivity contribution < 1.29 is 4.92 Å². The molecule has 1 aromatic carbocycles. The van der Waals surface area contributed by atoms with Gasteiger partial charge >= 0.3 is 0 Å². The summed E-state index contributed by atoms with van der Waals surface area (Å²) in [6, 6.07) is 6.72. The van der Waals surface area contributed by atoms with Crippen LogP contribution in [0.25, 0.3) is 5.69 Å². The molecule has 86 valence electrons. The van der Waals surface area contributed by atoms with E-state index >= 15 is 0 Å². The molecule has 0 aliphatic carbocycles. The molecule has 0 radical (unpaired) electrons. The molecular formula is C10H6ClN3O3. The Bertz CT molecular complexity index is 621. The molecule has 0 saturated heterocycles. The summed E-state index contributed by atoms with van der Waals surface area (Å²) in [5.74, 6) is 0. The van der Waals surface area contributed by atoms with E-state index < -0.39 is 10.5 Å². The molecule has 0 aliphatic heterocycles. The molecular weight excluding hydrogens is 246 g/mol. The van der Waals surface area contributed by atoms with E-state index in [1.54, 1.807) is 0 Å². The average Bonchev–Trinajstić information content (AvgIpc) is 2.29. The first kappa shape index (κ1) is 11.3. The summed E-state index contributed by atoms with van der Waals surface area (Å²) < 4.78 is 1.11. The monoisotopic (exact) mass is 251 g/mol. The molecule has 0 fully saturated rings. The second kappa shape index (κ2) is 4.34. The minimum atomic E-state index is -0.512. The van der Waals surface area contributed by atoms with Crippen LogP contribution in [0.1, 0.15) is 0 Å². The third-order valence-corrected chi connectivity index (χ3v) is 2.28. The van der Waals surface area contributed by atoms with E-state index in [9.17, 15) is 14.9 Å². The van der Waals surface area contributed by atoms with Gasteiger partial charge in [-0.3, -0.25) is 14.9 Å². The smallest absolute Gasteiger partial charge is 0.267 e. The minimum absolute atomic E-state index is 0.0456. The number of nitrogens with zero attached hydrogens (tertiary/aromatic N) is 3. The third kappa shape index (κ3) is 2.31. The van der Waals surface area contributed by atoms with Gasteiger partial charge in [0.1, 0.15) is 0 Å². The number of nitro groups is 1. The zero-order valence-electron chi connectivity index (χ0n) is 8.41. The normalized spacial score (nSPS) is 10.2. The van der Waals surface area contributed by atoms with Crippen LogP contribution in [0.15, 0.2) is 41.3 Å². The molecule has 2 aromatic rings. The van der Waals surface area contributed by atoms with Crippen LogP contribution in [0.3, 0.4) is 0 Å². The summed E-state index contributed by atoms with van der Waals surface area (Å²) in [4.78, 5) is 21.5. The van der Waals surface area contributed by atoms with Gasteiger partial charge in [-0.2, -0.15) is 9.78 Å². The Morgan fingerprint density at radius 3 is 2.47 bits per heavy atom. The van der Waals surface area contributed by atoms with Crippen LogP contribution < -0.4 is 5.56 Å². The fraction of sp³-hybridized carbons (Fsp3) is 0. The molecule has 0 atom stereocenters. The number of hydrogen-bond donors (Lipinski definition) is 0. The zero-order chi connectivity index (χ0) is 12.4. The summed E-state index contributed by atoms with van der Waals surface area (Å²) in [6.07, 6.45) is 1.32. The van der Waals surface area contributed by atoms with Crippen molar-refractivity contribution in [1.82, 2.24) is 9.78 Å². The maximum Gasteiger partial charge on any atom is 0.272 e. The number of aromatic nitrogens is 2. The second-order valence-electron chi connectivity index (χ2n) is 3.20. The topological polar surface area (TPSA) is 78.0 Å². The van der Waals surface area contributed by atoms with Gasteiger partial charge in [0, 0.05) is 18.2 Å². The lowest BCUT2D eigenvalue weighted by atomic mass is 10.3. The van der Waals surface area contributed by atoms with Crippen LogP contribution in [0.5, 0.6) is 0 Å². The van der Waals surface area contributed by atoms with E-state index in [1.165, 1.54) is 36.5 Å². The molecule has 1 aromatic heterocycles. The van der Waals surface area contributed by atoms with E-state index in [1.807, 2.05) is 0 Å². The Morgan fingerprint density at radius 2 is 1.94 bits per heavy atom. The molecule has 0 amide bonds. The van der Waals surface area contributed by atoms with E-state index in [4.69, 9.17) is 11.6 Å². The van der Waals surface area contributed by atoms with Crippen LogP contribution in [0.2, 0.25) is 5.02 Å². The Balaban J connectivity index is 2.47. The highest BCUT2D eigenvalue weighted by molar-refractivity contribution is 6.30. The van der Waals surface area contributed by atoms with Gasteiger partial charge < -0.3 is 0 Å². The van der Waals surface area contributed by atoms with Crippen LogP contribution >= 0.6 is 11.6 Å². The minimum Gasteiger partial charge on any atom is -0.267 e. The Morgan fingerprint density at radius 1 is 1.29 bits per heavy atom. The molecule has 0 aliphatic rings. The summed E-state index contributed by atoms with van der Waals surface area (Å²) in [5.41, 5.74) is -0.000572. The lowest BCUT2D eigenvalue weighted by molar-refractivity contribution is -0.384. The number of rotatable bonds is 2. The summed E-state index contributed by atoms with van der Waals surface area (Å²) in [5, 5.41) is 14.5. The van der Waals surface area contributed by atoms with Crippen molar-refractivity contribution in [2.24, 2.45) is 0 Å². The van der Waals surface area contributed by atoms with Crippen molar-refractivity contribution in [1.29, 1.82) is 0 Å². The molecule has 2 rings (SSSR count). The van der Waals surface area contributed by atoms with Gasteiger partial charge in [0.05, 0.1) is 21.8 Å². The Labute approximate surface area is 100 Å². The van der Waals surface area contributed by atoms with Crippen molar-refractivity contribution in [3.8, 4) is 5.69 Å². The summed E-state index contributed by atoms with van der Waals surface area (Å²) in [6.45, 7) is 0. The standard InChI is InChI=1S/C10H6ClN3O3/c11-7-5-10(15)13(12-6-7)8-1-3-9(4-2-8)14(16)17/h1-6H. The Kier molecular flexibility index (Phi) is 2.88. The van der Waals surface area contributed by atoms with Crippen molar-refractivity contribution in [2.45, 2.75) is 0 Å². The molecule has 17 heavy (non-hydrogen) atoms. The Hall–Kier alpha value is -2.21. The highest BCUT2D eigenvalue weighted by Gasteiger charge is 2.06. The summed E-state index contributed by atoms with van der Waals surface area (Å²) >= 11 is 5.61. The molecule has 0 spiro atoms. The number of non-ortho nitro benzene ring substituents is 1. The lowest BCUT2D eigenvalue weighted by Crippen LogP contribution is -2.19. The zero-order valence-corrected chi connectivity index (χ0v) is 9.16. The maximum atomic E-state index is 11.5. The number of halogens is 1. The van der Waals surface area contributed by atoms with Gasteiger partial charge in [-0.05, 0) is 12.1 Å². The second-order valence-corrected chi connectivity index (χ2v) is 3.63. The first-order chi connectivity index (χ1) is 8.08. The summed E-state index contributed by atoms with van der Waals surface area (Å²) in [7, 11) is 0. The average molecular weight is 252 g/mol. The van der Waals surface area contributed by atoms with Crippen molar-refractivity contribution >= 4 is 17.3 Å². The largest absolute Gasteiger partial charge is 0.272 e. The van der Waals surface area contributed by atoms with Crippen LogP contribution in [0.4, 0.5) is 5.69 Å². The predicted molar refractivity (Wildman–Crippen MR) is 61.5 cm³/mol. The number of benzene rings is 1. The van der Waals surface area contributed by atoms with Gasteiger partial charge in [0.15, 0.2) is 0 Å². The molecule has 0 unspecified atom stereocenters. The van der Waals surface area contributed by atoms with Crippen LogP contribution in [0, 0.1) is 10.1 Å². The van der Waals surface area contributed by atoms with Gasteiger partial charge in [0.25, 0.3) is 11.2 Å². The van der Waals surface area contributed by atoms with Crippen molar-refractivity contribution in [2.75, 3.05) is 0 Å². The lowest BCUT2D eigenvalue weighted by Gasteiger charge is -2.02.